The Labute approximate surface area is 210 Å². The van der Waals surface area contributed by atoms with Gasteiger partial charge in [-0.15, -0.1) is 0 Å². The lowest BCUT2D eigenvalue weighted by molar-refractivity contribution is -0.205. The standard InChI is InChI=1S/C30H46O5/c1-25(2)20-8-11-30(7)23(27(20,4)10-9-21(25)32)19(31)14-17-18-15-28(5,24(34)35)22(33)16-26(18,3)12-13-29(17,30)6/h14,18,20-23,32-33H,8-13,15-16H2,1-7H3,(H,34,35)/t18-,20-,21-,22+,23-,26-,27-,28-,29+,30+/m0/s1. The van der Waals surface area contributed by atoms with Gasteiger partial charge in [0.25, 0.3) is 0 Å². The lowest BCUT2D eigenvalue weighted by atomic mass is 9.33. The molecule has 0 unspecified atom stereocenters. The Morgan fingerprint density at radius 1 is 0.886 bits per heavy atom. The van der Waals surface area contributed by atoms with Crippen molar-refractivity contribution in [3.05, 3.63) is 11.6 Å². The summed E-state index contributed by atoms with van der Waals surface area (Å²) in [5, 5.41) is 31.8. The summed E-state index contributed by atoms with van der Waals surface area (Å²) in [4.78, 5) is 26.5. The number of carboxylic acids is 1. The molecule has 5 aliphatic carbocycles. The molecule has 0 saturated heterocycles. The molecule has 0 aromatic carbocycles. The van der Waals surface area contributed by atoms with Crippen molar-refractivity contribution in [1.29, 1.82) is 0 Å². The van der Waals surface area contributed by atoms with Gasteiger partial charge in [0.1, 0.15) is 0 Å². The van der Waals surface area contributed by atoms with Crippen molar-refractivity contribution < 1.29 is 24.9 Å². The fraction of sp³-hybridized carbons (Fsp3) is 0.867. The molecule has 0 amide bonds. The third kappa shape index (κ3) is 2.94. The second-order valence-corrected chi connectivity index (χ2v) is 15.0. The maximum atomic E-state index is 14.2. The predicted molar refractivity (Wildman–Crippen MR) is 134 cm³/mol. The maximum Gasteiger partial charge on any atom is 0.312 e. The molecule has 5 heteroatoms. The number of carbonyl (C=O) groups is 2. The van der Waals surface area contributed by atoms with Crippen molar-refractivity contribution in [2.75, 3.05) is 0 Å². The smallest absolute Gasteiger partial charge is 0.312 e. The highest BCUT2D eigenvalue weighted by Gasteiger charge is 2.70. The van der Waals surface area contributed by atoms with Crippen molar-refractivity contribution in [2.45, 2.75) is 112 Å². The van der Waals surface area contributed by atoms with Crippen LogP contribution in [0.15, 0.2) is 11.6 Å². The molecule has 196 valence electrons. The molecule has 3 N–H and O–H groups in total. The third-order valence-electron chi connectivity index (χ3n) is 13.2. The SMILES string of the molecule is CC1(C)[C@@H](O)CC[C@@]2(C)[C@H]1CC[C@]1(C)[C@H]2C(=O)C=C2[C@@H]3C[C@](C)(C(=O)O)[C@H](O)C[C@]3(C)CC[C@]21C. The summed E-state index contributed by atoms with van der Waals surface area (Å²) >= 11 is 0. The van der Waals surface area contributed by atoms with Gasteiger partial charge in [-0.05, 0) is 103 Å². The zero-order valence-electron chi connectivity index (χ0n) is 22.8. The highest BCUT2D eigenvalue weighted by molar-refractivity contribution is 5.95. The Morgan fingerprint density at radius 2 is 1.54 bits per heavy atom. The van der Waals surface area contributed by atoms with E-state index in [-0.39, 0.29) is 50.8 Å². The summed E-state index contributed by atoms with van der Waals surface area (Å²) in [6.07, 6.45) is 7.08. The monoisotopic (exact) mass is 486 g/mol. The second kappa shape index (κ2) is 7.22. The van der Waals surface area contributed by atoms with E-state index in [0.717, 1.165) is 44.1 Å². The van der Waals surface area contributed by atoms with Crippen LogP contribution in [0.2, 0.25) is 0 Å². The summed E-state index contributed by atoms with van der Waals surface area (Å²) in [5.74, 6) is -0.525. The Bertz CT molecular complexity index is 999. The van der Waals surface area contributed by atoms with Gasteiger partial charge >= 0.3 is 5.97 Å². The van der Waals surface area contributed by atoms with Gasteiger partial charge in [0.15, 0.2) is 5.78 Å². The molecular weight excluding hydrogens is 440 g/mol. The zero-order chi connectivity index (χ0) is 26.0. The molecule has 0 aromatic rings. The van der Waals surface area contributed by atoms with Crippen molar-refractivity contribution >= 4 is 11.8 Å². The molecule has 0 aliphatic heterocycles. The summed E-state index contributed by atoms with van der Waals surface area (Å²) in [5.41, 5.74) is -0.977. The second-order valence-electron chi connectivity index (χ2n) is 15.0. The van der Waals surface area contributed by atoms with E-state index in [9.17, 15) is 24.9 Å². The fourth-order valence-electron chi connectivity index (χ4n) is 10.5. The molecule has 4 saturated carbocycles. The van der Waals surface area contributed by atoms with Crippen LogP contribution in [0.1, 0.15) is 99.8 Å². The number of ketones is 1. The third-order valence-corrected chi connectivity index (χ3v) is 13.2. The Balaban J connectivity index is 1.63. The van der Waals surface area contributed by atoms with E-state index >= 15 is 0 Å². The number of aliphatic hydroxyl groups is 2. The molecular formula is C30H46O5. The molecule has 0 aromatic heterocycles. The molecule has 10 atom stereocenters. The Kier molecular flexibility index (Phi) is 5.25. The van der Waals surface area contributed by atoms with Crippen LogP contribution in [0.25, 0.3) is 0 Å². The van der Waals surface area contributed by atoms with Crippen molar-refractivity contribution in [2.24, 2.45) is 50.2 Å². The van der Waals surface area contributed by atoms with Crippen molar-refractivity contribution in [3.8, 4) is 0 Å². The van der Waals surface area contributed by atoms with Gasteiger partial charge in [0.2, 0.25) is 0 Å². The van der Waals surface area contributed by atoms with Crippen LogP contribution >= 0.6 is 0 Å². The molecule has 4 fully saturated rings. The topological polar surface area (TPSA) is 94.8 Å². The van der Waals surface area contributed by atoms with Gasteiger partial charge < -0.3 is 15.3 Å². The molecule has 35 heavy (non-hydrogen) atoms. The largest absolute Gasteiger partial charge is 0.481 e. The molecule has 0 spiro atoms. The van der Waals surface area contributed by atoms with Gasteiger partial charge in [-0.25, -0.2) is 0 Å². The number of rotatable bonds is 1. The van der Waals surface area contributed by atoms with Gasteiger partial charge in [-0.3, -0.25) is 9.59 Å². The number of hydrogen-bond acceptors (Lipinski definition) is 4. The summed E-state index contributed by atoms with van der Waals surface area (Å²) in [7, 11) is 0. The zero-order valence-corrected chi connectivity index (χ0v) is 22.8. The first-order chi connectivity index (χ1) is 16.0. The van der Waals surface area contributed by atoms with E-state index in [0.29, 0.717) is 18.8 Å². The molecule has 0 radical (unpaired) electrons. The van der Waals surface area contributed by atoms with Crippen LogP contribution in [-0.2, 0) is 9.59 Å². The van der Waals surface area contributed by atoms with E-state index < -0.39 is 17.5 Å². The van der Waals surface area contributed by atoms with Gasteiger partial charge in [-0.2, -0.15) is 0 Å². The normalized spacial score (nSPS) is 55.1. The number of carboxylic acid groups (broad SMARTS) is 1. The quantitative estimate of drug-likeness (QED) is 0.462. The highest BCUT2D eigenvalue weighted by atomic mass is 16.4. The van der Waals surface area contributed by atoms with Crippen LogP contribution in [-0.4, -0.2) is 39.3 Å². The minimum Gasteiger partial charge on any atom is -0.481 e. The summed E-state index contributed by atoms with van der Waals surface area (Å²) in [6, 6.07) is 0. The fourth-order valence-corrected chi connectivity index (χ4v) is 10.5. The van der Waals surface area contributed by atoms with Crippen LogP contribution in [0.3, 0.4) is 0 Å². The predicted octanol–water partition coefficient (Wildman–Crippen LogP) is 5.38. The van der Waals surface area contributed by atoms with Crippen LogP contribution in [0.5, 0.6) is 0 Å². The molecule has 5 nitrogen and oxygen atoms in total. The first kappa shape index (κ1) is 25.4. The summed E-state index contributed by atoms with van der Waals surface area (Å²) in [6.45, 7) is 15.3. The number of carbonyl (C=O) groups excluding carboxylic acids is 1. The maximum absolute atomic E-state index is 14.2. The lowest BCUT2D eigenvalue weighted by Crippen LogP contribution is -2.67. The van der Waals surface area contributed by atoms with Crippen molar-refractivity contribution in [1.82, 2.24) is 0 Å². The van der Waals surface area contributed by atoms with E-state index in [1.54, 1.807) is 6.92 Å². The average molecular weight is 487 g/mol. The molecule has 0 heterocycles. The van der Waals surface area contributed by atoms with E-state index in [1.807, 2.05) is 6.08 Å². The summed E-state index contributed by atoms with van der Waals surface area (Å²) < 4.78 is 0. The molecule has 5 aliphatic rings. The Hall–Kier alpha value is -1.20. The number of fused-ring (bicyclic) bond motifs is 7. The van der Waals surface area contributed by atoms with Crippen LogP contribution < -0.4 is 0 Å². The molecule has 0 bridgehead atoms. The van der Waals surface area contributed by atoms with Gasteiger partial charge in [-0.1, -0.05) is 47.1 Å². The number of hydrogen-bond donors (Lipinski definition) is 3. The average Bonchev–Trinajstić information content (AvgIpc) is 2.74. The minimum atomic E-state index is -1.20. The molecule has 5 rings (SSSR count). The highest BCUT2D eigenvalue weighted by Crippen LogP contribution is 2.75. The van der Waals surface area contributed by atoms with E-state index in [2.05, 4.69) is 41.5 Å². The first-order valence-corrected chi connectivity index (χ1v) is 13.8. The van der Waals surface area contributed by atoms with Crippen molar-refractivity contribution in [3.63, 3.8) is 0 Å². The van der Waals surface area contributed by atoms with Gasteiger partial charge in [0.05, 0.1) is 17.6 Å². The number of allylic oxidation sites excluding steroid dienone is 2. The lowest BCUT2D eigenvalue weighted by Gasteiger charge is -2.70. The van der Waals surface area contributed by atoms with Crippen LogP contribution in [0.4, 0.5) is 0 Å². The van der Waals surface area contributed by atoms with E-state index in [4.69, 9.17) is 0 Å². The van der Waals surface area contributed by atoms with E-state index in [1.165, 1.54) is 0 Å². The number of aliphatic hydroxyl groups excluding tert-OH is 2. The van der Waals surface area contributed by atoms with Crippen LogP contribution in [0, 0.1) is 50.2 Å². The minimum absolute atomic E-state index is 0.0115. The Morgan fingerprint density at radius 3 is 2.17 bits per heavy atom. The first-order valence-electron chi connectivity index (χ1n) is 13.8. The number of aliphatic carboxylic acids is 1. The van der Waals surface area contributed by atoms with Gasteiger partial charge in [0, 0.05) is 5.92 Å².